The SMILES string of the molecule is C1=C(c2ccccc2)C(c2ccccc2)CCC1. The Morgan fingerprint density at radius 1 is 0.778 bits per heavy atom. The van der Waals surface area contributed by atoms with Crippen molar-refractivity contribution in [3.63, 3.8) is 0 Å². The molecular formula is C18H18. The van der Waals surface area contributed by atoms with Crippen LogP contribution in [0.3, 0.4) is 0 Å². The third kappa shape index (κ3) is 2.24. The molecule has 0 heteroatoms. The summed E-state index contributed by atoms with van der Waals surface area (Å²) in [6, 6.07) is 21.7. The van der Waals surface area contributed by atoms with Crippen molar-refractivity contribution in [2.24, 2.45) is 0 Å². The molecule has 2 aromatic rings. The van der Waals surface area contributed by atoms with E-state index < -0.39 is 0 Å². The van der Waals surface area contributed by atoms with Crippen molar-refractivity contribution >= 4 is 5.57 Å². The average Bonchev–Trinajstić information content (AvgIpc) is 2.49. The molecule has 1 atom stereocenters. The minimum absolute atomic E-state index is 0.572. The van der Waals surface area contributed by atoms with E-state index in [1.165, 1.54) is 36.0 Å². The van der Waals surface area contributed by atoms with E-state index in [4.69, 9.17) is 0 Å². The van der Waals surface area contributed by atoms with Crippen LogP contribution < -0.4 is 0 Å². The van der Waals surface area contributed by atoms with Crippen molar-refractivity contribution in [3.05, 3.63) is 77.9 Å². The lowest BCUT2D eigenvalue weighted by atomic mass is 9.79. The fourth-order valence-corrected chi connectivity index (χ4v) is 2.86. The van der Waals surface area contributed by atoms with Gasteiger partial charge in [-0.1, -0.05) is 66.7 Å². The Kier molecular flexibility index (Phi) is 3.27. The maximum Gasteiger partial charge on any atom is 0.00922 e. The highest BCUT2D eigenvalue weighted by molar-refractivity contribution is 5.72. The first-order valence-electron chi connectivity index (χ1n) is 6.75. The monoisotopic (exact) mass is 234 g/mol. The van der Waals surface area contributed by atoms with Crippen LogP contribution in [-0.2, 0) is 0 Å². The van der Waals surface area contributed by atoms with Gasteiger partial charge in [-0.15, -0.1) is 0 Å². The quantitative estimate of drug-likeness (QED) is 0.683. The van der Waals surface area contributed by atoms with E-state index in [1.807, 2.05) is 0 Å². The van der Waals surface area contributed by atoms with Gasteiger partial charge in [0.15, 0.2) is 0 Å². The summed E-state index contributed by atoms with van der Waals surface area (Å²) in [6.45, 7) is 0. The van der Waals surface area contributed by atoms with E-state index in [0.29, 0.717) is 5.92 Å². The van der Waals surface area contributed by atoms with Gasteiger partial charge in [0.05, 0.1) is 0 Å². The van der Waals surface area contributed by atoms with Crippen LogP contribution >= 0.6 is 0 Å². The molecule has 0 N–H and O–H groups in total. The zero-order valence-electron chi connectivity index (χ0n) is 10.5. The summed E-state index contributed by atoms with van der Waals surface area (Å²) < 4.78 is 0. The largest absolute Gasteiger partial charge is 0.0801 e. The molecule has 0 saturated carbocycles. The molecule has 0 aromatic heterocycles. The van der Waals surface area contributed by atoms with E-state index in [1.54, 1.807) is 0 Å². The summed E-state index contributed by atoms with van der Waals surface area (Å²) in [5.74, 6) is 0.572. The van der Waals surface area contributed by atoms with Gasteiger partial charge in [-0.25, -0.2) is 0 Å². The second-order valence-electron chi connectivity index (χ2n) is 4.92. The smallest absolute Gasteiger partial charge is 0.00922 e. The lowest BCUT2D eigenvalue weighted by Crippen LogP contribution is -2.06. The van der Waals surface area contributed by atoms with Crippen LogP contribution in [0, 0.1) is 0 Å². The minimum atomic E-state index is 0.572. The first-order chi connectivity index (χ1) is 8.95. The molecule has 90 valence electrons. The van der Waals surface area contributed by atoms with Gasteiger partial charge >= 0.3 is 0 Å². The van der Waals surface area contributed by atoms with Crippen LogP contribution in [0.15, 0.2) is 66.7 Å². The lowest BCUT2D eigenvalue weighted by molar-refractivity contribution is 0.669. The van der Waals surface area contributed by atoms with Gasteiger partial charge in [-0.05, 0) is 36.0 Å². The van der Waals surface area contributed by atoms with Gasteiger partial charge < -0.3 is 0 Å². The van der Waals surface area contributed by atoms with Crippen molar-refractivity contribution in [3.8, 4) is 0 Å². The van der Waals surface area contributed by atoms with Crippen LogP contribution in [0.5, 0.6) is 0 Å². The second-order valence-corrected chi connectivity index (χ2v) is 4.92. The lowest BCUT2D eigenvalue weighted by Gasteiger charge is -2.25. The number of benzene rings is 2. The predicted octanol–water partition coefficient (Wildman–Crippen LogP) is 5.04. The van der Waals surface area contributed by atoms with Crippen molar-refractivity contribution in [2.75, 3.05) is 0 Å². The minimum Gasteiger partial charge on any atom is -0.0801 e. The summed E-state index contributed by atoms with van der Waals surface area (Å²) in [7, 11) is 0. The first kappa shape index (κ1) is 11.3. The molecule has 0 fully saturated rings. The zero-order valence-corrected chi connectivity index (χ0v) is 10.5. The first-order valence-corrected chi connectivity index (χ1v) is 6.75. The van der Waals surface area contributed by atoms with E-state index in [-0.39, 0.29) is 0 Å². The van der Waals surface area contributed by atoms with Crippen molar-refractivity contribution in [1.82, 2.24) is 0 Å². The third-order valence-electron chi connectivity index (χ3n) is 3.75. The van der Waals surface area contributed by atoms with E-state index >= 15 is 0 Å². The maximum absolute atomic E-state index is 2.43. The van der Waals surface area contributed by atoms with E-state index in [9.17, 15) is 0 Å². The number of hydrogen-bond donors (Lipinski definition) is 0. The fourth-order valence-electron chi connectivity index (χ4n) is 2.86. The zero-order chi connectivity index (χ0) is 12.2. The van der Waals surface area contributed by atoms with Crippen molar-refractivity contribution < 1.29 is 0 Å². The molecule has 0 saturated heterocycles. The molecule has 0 spiro atoms. The second kappa shape index (κ2) is 5.22. The Bertz CT molecular complexity index is 522. The summed E-state index contributed by atoms with van der Waals surface area (Å²) in [5, 5.41) is 0. The third-order valence-corrected chi connectivity index (χ3v) is 3.75. The van der Waals surface area contributed by atoms with Gasteiger partial charge in [-0.2, -0.15) is 0 Å². The van der Waals surface area contributed by atoms with Crippen LogP contribution in [0.4, 0.5) is 0 Å². The standard InChI is InChI=1S/C18H18/c1-3-9-15(10-4-1)17-13-7-8-14-18(17)16-11-5-2-6-12-16/h1-6,9-13,18H,7-8,14H2. The highest BCUT2D eigenvalue weighted by atomic mass is 14.2. The molecule has 0 heterocycles. The Morgan fingerprint density at radius 3 is 2.17 bits per heavy atom. The maximum atomic E-state index is 2.43. The number of allylic oxidation sites excluding steroid dienone is 2. The molecule has 0 radical (unpaired) electrons. The molecule has 0 aliphatic heterocycles. The van der Waals surface area contributed by atoms with Crippen molar-refractivity contribution in [2.45, 2.75) is 25.2 Å². The van der Waals surface area contributed by atoms with Gasteiger partial charge in [0.2, 0.25) is 0 Å². The van der Waals surface area contributed by atoms with Crippen LogP contribution in [0.2, 0.25) is 0 Å². The summed E-state index contributed by atoms with van der Waals surface area (Å²) in [4.78, 5) is 0. The van der Waals surface area contributed by atoms with Gasteiger partial charge in [-0.3, -0.25) is 0 Å². The highest BCUT2D eigenvalue weighted by Crippen LogP contribution is 2.39. The normalized spacial score (nSPS) is 19.3. The predicted molar refractivity (Wildman–Crippen MR) is 77.5 cm³/mol. The molecule has 0 bridgehead atoms. The summed E-state index contributed by atoms with van der Waals surface area (Å²) in [6.07, 6.45) is 6.21. The fraction of sp³-hybridized carbons (Fsp3) is 0.222. The Hall–Kier alpha value is -1.82. The number of hydrogen-bond acceptors (Lipinski definition) is 0. The van der Waals surface area contributed by atoms with E-state index in [0.717, 1.165) is 0 Å². The molecule has 3 rings (SSSR count). The molecule has 2 aromatic carbocycles. The molecular weight excluding hydrogens is 216 g/mol. The van der Waals surface area contributed by atoms with Crippen LogP contribution in [0.25, 0.3) is 5.57 Å². The molecule has 1 unspecified atom stereocenters. The summed E-state index contributed by atoms with van der Waals surface area (Å²) >= 11 is 0. The molecule has 0 amide bonds. The number of rotatable bonds is 2. The summed E-state index contributed by atoms with van der Waals surface area (Å²) in [5.41, 5.74) is 4.34. The van der Waals surface area contributed by atoms with Crippen LogP contribution in [0.1, 0.15) is 36.3 Å². The highest BCUT2D eigenvalue weighted by Gasteiger charge is 2.20. The Labute approximate surface area is 109 Å². The molecule has 1 aliphatic carbocycles. The van der Waals surface area contributed by atoms with Gasteiger partial charge in [0.1, 0.15) is 0 Å². The Balaban J connectivity index is 1.99. The molecule has 0 nitrogen and oxygen atoms in total. The van der Waals surface area contributed by atoms with Gasteiger partial charge in [0, 0.05) is 5.92 Å². The molecule has 18 heavy (non-hydrogen) atoms. The van der Waals surface area contributed by atoms with Crippen molar-refractivity contribution in [1.29, 1.82) is 0 Å². The average molecular weight is 234 g/mol. The Morgan fingerprint density at radius 2 is 1.44 bits per heavy atom. The van der Waals surface area contributed by atoms with Gasteiger partial charge in [0.25, 0.3) is 0 Å². The molecule has 1 aliphatic rings. The van der Waals surface area contributed by atoms with E-state index in [2.05, 4.69) is 66.7 Å². The topological polar surface area (TPSA) is 0 Å². The van der Waals surface area contributed by atoms with Crippen LogP contribution in [-0.4, -0.2) is 0 Å².